The molecule has 0 bridgehead atoms. The maximum Gasteiger partial charge on any atom is 0.284 e. The highest BCUT2D eigenvalue weighted by Gasteiger charge is 2.16. The van der Waals surface area contributed by atoms with Crippen molar-refractivity contribution in [2.75, 3.05) is 0 Å². The van der Waals surface area contributed by atoms with Gasteiger partial charge in [-0.05, 0) is 42.5 Å². The van der Waals surface area contributed by atoms with Crippen LogP contribution >= 0.6 is 27.5 Å². The molecule has 1 aliphatic carbocycles. The van der Waals surface area contributed by atoms with Crippen LogP contribution in [0.25, 0.3) is 0 Å². The lowest BCUT2D eigenvalue weighted by Gasteiger charge is -2.06. The van der Waals surface area contributed by atoms with Crippen LogP contribution in [-0.2, 0) is 14.8 Å². The molecular formula is C19H12BrClN2O3S. The highest BCUT2D eigenvalue weighted by Crippen LogP contribution is 2.19. The van der Waals surface area contributed by atoms with E-state index in [1.165, 1.54) is 30.4 Å². The van der Waals surface area contributed by atoms with Gasteiger partial charge in [-0.25, -0.2) is 4.99 Å². The van der Waals surface area contributed by atoms with Crippen LogP contribution in [-0.4, -0.2) is 25.7 Å². The topological polar surface area (TPSA) is 75.9 Å². The van der Waals surface area contributed by atoms with Gasteiger partial charge in [0.2, 0.25) is 0 Å². The van der Waals surface area contributed by atoms with Crippen LogP contribution in [0.2, 0.25) is 0 Å². The van der Waals surface area contributed by atoms with Gasteiger partial charge in [-0.3, -0.25) is 4.79 Å². The molecule has 0 atom stereocenters. The van der Waals surface area contributed by atoms with Crippen LogP contribution in [0.5, 0.6) is 0 Å². The number of rotatable bonds is 3. The van der Waals surface area contributed by atoms with E-state index in [2.05, 4.69) is 25.3 Å². The third kappa shape index (κ3) is 4.88. The molecule has 0 heterocycles. The Labute approximate surface area is 170 Å². The summed E-state index contributed by atoms with van der Waals surface area (Å²) in [6.45, 7) is 0. The van der Waals surface area contributed by atoms with E-state index in [1.54, 1.807) is 42.5 Å². The van der Waals surface area contributed by atoms with Gasteiger partial charge in [0.25, 0.3) is 10.0 Å². The van der Waals surface area contributed by atoms with Crippen LogP contribution in [0.4, 0.5) is 0 Å². The van der Waals surface area contributed by atoms with E-state index < -0.39 is 10.0 Å². The molecule has 27 heavy (non-hydrogen) atoms. The highest BCUT2D eigenvalue weighted by atomic mass is 79.9. The standard InChI is InChI=1S/C19H12BrClN2O3S/c20-14-6-9-16(10-7-14)27(25,26)23-19(13-4-2-1-3-5-13)22-15-8-11-18(24)17(21)12-15/h1-12H. The van der Waals surface area contributed by atoms with Gasteiger partial charge in [-0.1, -0.05) is 57.9 Å². The fraction of sp³-hybridized carbons (Fsp3) is 0. The predicted octanol–water partition coefficient (Wildman–Crippen LogP) is 4.29. The molecule has 1 aliphatic rings. The zero-order valence-electron chi connectivity index (χ0n) is 13.7. The monoisotopic (exact) mass is 462 g/mol. The van der Waals surface area contributed by atoms with Crippen molar-refractivity contribution in [1.82, 2.24) is 0 Å². The summed E-state index contributed by atoms with van der Waals surface area (Å²) in [5.41, 5.74) is 0.841. The minimum Gasteiger partial charge on any atom is -0.288 e. The number of carbonyl (C=O) groups excluding carboxylic acids is 1. The molecule has 0 amide bonds. The second-order valence-electron chi connectivity index (χ2n) is 5.44. The Kier molecular flexibility index (Phi) is 5.84. The molecule has 0 saturated carbocycles. The van der Waals surface area contributed by atoms with Gasteiger partial charge in [0.1, 0.15) is 0 Å². The first kappa shape index (κ1) is 19.4. The molecule has 136 valence electrons. The van der Waals surface area contributed by atoms with E-state index in [4.69, 9.17) is 11.6 Å². The number of nitrogens with zero attached hydrogens (tertiary/aromatic N) is 2. The lowest BCUT2D eigenvalue weighted by Crippen LogP contribution is -2.09. The third-order valence-electron chi connectivity index (χ3n) is 3.50. The molecular weight excluding hydrogens is 452 g/mol. The van der Waals surface area contributed by atoms with Crippen LogP contribution in [0.15, 0.2) is 96.6 Å². The van der Waals surface area contributed by atoms with Crippen molar-refractivity contribution in [1.29, 1.82) is 0 Å². The van der Waals surface area contributed by atoms with Crippen molar-refractivity contribution < 1.29 is 13.2 Å². The molecule has 0 N–H and O–H groups in total. The first-order chi connectivity index (χ1) is 12.8. The molecule has 0 saturated heterocycles. The van der Waals surface area contributed by atoms with Crippen LogP contribution < -0.4 is 0 Å². The maximum absolute atomic E-state index is 12.7. The van der Waals surface area contributed by atoms with E-state index in [0.29, 0.717) is 11.3 Å². The van der Waals surface area contributed by atoms with Crippen LogP contribution in [0, 0.1) is 0 Å². The van der Waals surface area contributed by atoms with Crippen molar-refractivity contribution in [3.63, 3.8) is 0 Å². The quantitative estimate of drug-likeness (QED) is 0.387. The summed E-state index contributed by atoms with van der Waals surface area (Å²) >= 11 is 9.12. The van der Waals surface area contributed by atoms with Crippen molar-refractivity contribution in [2.24, 2.45) is 9.39 Å². The Morgan fingerprint density at radius 2 is 1.63 bits per heavy atom. The zero-order valence-corrected chi connectivity index (χ0v) is 16.9. The normalized spacial score (nSPS) is 16.5. The molecule has 5 nitrogen and oxygen atoms in total. The molecule has 3 rings (SSSR count). The summed E-state index contributed by atoms with van der Waals surface area (Å²) in [7, 11) is -3.98. The molecule has 2 aromatic rings. The summed E-state index contributed by atoms with van der Waals surface area (Å²) < 4.78 is 30.1. The number of carbonyl (C=O) groups is 1. The lowest BCUT2D eigenvalue weighted by molar-refractivity contribution is -0.110. The van der Waals surface area contributed by atoms with Gasteiger partial charge in [-0.15, -0.1) is 4.40 Å². The van der Waals surface area contributed by atoms with Crippen molar-refractivity contribution in [2.45, 2.75) is 4.90 Å². The number of halogens is 2. The van der Waals surface area contributed by atoms with Gasteiger partial charge >= 0.3 is 0 Å². The molecule has 0 aliphatic heterocycles. The van der Waals surface area contributed by atoms with Crippen LogP contribution in [0.3, 0.4) is 0 Å². The van der Waals surface area contributed by atoms with Crippen LogP contribution in [0.1, 0.15) is 5.56 Å². The van der Waals surface area contributed by atoms with Gasteiger partial charge in [0.15, 0.2) is 11.6 Å². The molecule has 0 fully saturated rings. The van der Waals surface area contributed by atoms with E-state index in [1.807, 2.05) is 0 Å². The average Bonchev–Trinajstić information content (AvgIpc) is 2.65. The molecule has 8 heteroatoms. The summed E-state index contributed by atoms with van der Waals surface area (Å²) in [6, 6.07) is 14.8. The number of sulfonamides is 1. The van der Waals surface area contributed by atoms with E-state index in [0.717, 1.165) is 4.47 Å². The van der Waals surface area contributed by atoms with E-state index in [-0.39, 0.29) is 21.5 Å². The smallest absolute Gasteiger partial charge is 0.284 e. The minimum absolute atomic E-state index is 0.000529. The number of ketones is 1. The predicted molar refractivity (Wildman–Crippen MR) is 110 cm³/mol. The first-order valence-corrected chi connectivity index (χ1v) is 10.3. The number of allylic oxidation sites excluding steroid dienone is 4. The lowest BCUT2D eigenvalue weighted by atomic mass is 10.1. The fourth-order valence-electron chi connectivity index (χ4n) is 2.18. The Bertz CT molecular complexity index is 1100. The van der Waals surface area contributed by atoms with Gasteiger partial charge < -0.3 is 0 Å². The Morgan fingerprint density at radius 3 is 2.26 bits per heavy atom. The SMILES string of the molecule is O=C1C=CC(=NC(=NS(=O)(=O)c2ccc(Br)cc2)c2ccccc2)C=C1Cl. The van der Waals surface area contributed by atoms with Crippen molar-refractivity contribution in [3.05, 3.63) is 87.9 Å². The number of aliphatic imine (C=N–C) groups is 1. The Balaban J connectivity index is 2.11. The highest BCUT2D eigenvalue weighted by molar-refractivity contribution is 9.10. The van der Waals surface area contributed by atoms with E-state index in [9.17, 15) is 13.2 Å². The molecule has 0 unspecified atom stereocenters. The van der Waals surface area contributed by atoms with E-state index >= 15 is 0 Å². The third-order valence-corrected chi connectivity index (χ3v) is 5.61. The van der Waals surface area contributed by atoms with Crippen molar-refractivity contribution in [3.8, 4) is 0 Å². The molecule has 2 aromatic carbocycles. The average molecular weight is 464 g/mol. The number of benzene rings is 2. The number of amidine groups is 1. The minimum atomic E-state index is -3.98. The first-order valence-electron chi connectivity index (χ1n) is 7.69. The van der Waals surface area contributed by atoms with Crippen molar-refractivity contribution >= 4 is 54.9 Å². The fourth-order valence-corrected chi connectivity index (χ4v) is 3.58. The molecule has 0 aromatic heterocycles. The number of hydrogen-bond acceptors (Lipinski definition) is 3. The molecule has 0 spiro atoms. The Morgan fingerprint density at radius 1 is 0.963 bits per heavy atom. The maximum atomic E-state index is 12.7. The summed E-state index contributed by atoms with van der Waals surface area (Å²) in [6.07, 6.45) is 4.10. The summed E-state index contributed by atoms with van der Waals surface area (Å²) in [4.78, 5) is 15.8. The largest absolute Gasteiger partial charge is 0.288 e. The van der Waals surface area contributed by atoms with Gasteiger partial charge in [0.05, 0.1) is 15.6 Å². The second-order valence-corrected chi connectivity index (χ2v) is 8.36. The van der Waals surface area contributed by atoms with Gasteiger partial charge in [0, 0.05) is 10.0 Å². The summed E-state index contributed by atoms with van der Waals surface area (Å²) in [5, 5.41) is -0.000529. The Hall–Kier alpha value is -2.35. The molecule has 0 radical (unpaired) electrons. The van der Waals surface area contributed by atoms with Gasteiger partial charge in [-0.2, -0.15) is 8.42 Å². The number of hydrogen-bond donors (Lipinski definition) is 0. The zero-order chi connectivity index (χ0) is 19.4. The summed E-state index contributed by atoms with van der Waals surface area (Å²) in [5.74, 6) is -0.343. The second kappa shape index (κ2) is 8.12.